The van der Waals surface area contributed by atoms with Gasteiger partial charge >= 0.3 is 0 Å². The molecule has 0 bridgehead atoms. The lowest BCUT2D eigenvalue weighted by atomic mass is 10.2. The molecular formula is C12H21N3S. The van der Waals surface area contributed by atoms with E-state index in [1.807, 2.05) is 12.4 Å². The van der Waals surface area contributed by atoms with Crippen molar-refractivity contribution in [2.45, 2.75) is 44.6 Å². The SMILES string of the molecule is CC(C)CNCc1cnc(SC(C)C)nc1. The number of rotatable bonds is 6. The minimum atomic E-state index is 0.532. The monoisotopic (exact) mass is 239 g/mol. The minimum Gasteiger partial charge on any atom is -0.312 e. The zero-order chi connectivity index (χ0) is 12.0. The van der Waals surface area contributed by atoms with Crippen LogP contribution in [0.4, 0.5) is 0 Å². The standard InChI is InChI=1S/C12H21N3S/c1-9(2)5-13-6-11-7-14-12(15-8-11)16-10(3)4/h7-10,13H,5-6H2,1-4H3. The quantitative estimate of drug-likeness (QED) is 0.612. The van der Waals surface area contributed by atoms with Gasteiger partial charge in [0, 0.05) is 29.8 Å². The van der Waals surface area contributed by atoms with Crippen molar-refractivity contribution in [2.75, 3.05) is 6.54 Å². The van der Waals surface area contributed by atoms with Crippen molar-refractivity contribution in [3.05, 3.63) is 18.0 Å². The molecule has 0 aliphatic carbocycles. The lowest BCUT2D eigenvalue weighted by Crippen LogP contribution is -2.19. The molecule has 1 N–H and O–H groups in total. The van der Waals surface area contributed by atoms with Crippen molar-refractivity contribution in [1.82, 2.24) is 15.3 Å². The number of hydrogen-bond acceptors (Lipinski definition) is 4. The summed E-state index contributed by atoms with van der Waals surface area (Å²) in [5.74, 6) is 0.677. The van der Waals surface area contributed by atoms with E-state index in [2.05, 4.69) is 43.0 Å². The smallest absolute Gasteiger partial charge is 0.187 e. The molecule has 0 amide bonds. The number of aromatic nitrogens is 2. The van der Waals surface area contributed by atoms with Crippen LogP contribution in [0, 0.1) is 5.92 Å². The molecule has 3 nitrogen and oxygen atoms in total. The second-order valence-corrected chi connectivity index (χ2v) is 6.11. The van der Waals surface area contributed by atoms with Crippen LogP contribution in [0.1, 0.15) is 33.3 Å². The van der Waals surface area contributed by atoms with Gasteiger partial charge in [-0.15, -0.1) is 0 Å². The minimum absolute atomic E-state index is 0.532. The van der Waals surface area contributed by atoms with E-state index in [1.165, 1.54) is 0 Å². The molecule has 90 valence electrons. The zero-order valence-electron chi connectivity index (χ0n) is 10.5. The van der Waals surface area contributed by atoms with E-state index in [1.54, 1.807) is 11.8 Å². The Balaban J connectivity index is 2.39. The maximum absolute atomic E-state index is 4.33. The van der Waals surface area contributed by atoms with Crippen molar-refractivity contribution in [1.29, 1.82) is 0 Å². The Morgan fingerprint density at radius 1 is 1.19 bits per heavy atom. The van der Waals surface area contributed by atoms with E-state index < -0.39 is 0 Å². The third-order valence-electron chi connectivity index (χ3n) is 1.90. The summed E-state index contributed by atoms with van der Waals surface area (Å²) in [4.78, 5) is 8.66. The molecule has 0 aromatic carbocycles. The van der Waals surface area contributed by atoms with Crippen molar-refractivity contribution in [2.24, 2.45) is 5.92 Å². The molecule has 0 aliphatic heterocycles. The van der Waals surface area contributed by atoms with E-state index in [9.17, 15) is 0 Å². The molecule has 1 aromatic rings. The van der Waals surface area contributed by atoms with Crippen LogP contribution < -0.4 is 5.32 Å². The van der Waals surface area contributed by atoms with Crippen molar-refractivity contribution in [3.63, 3.8) is 0 Å². The van der Waals surface area contributed by atoms with Gasteiger partial charge in [-0.2, -0.15) is 0 Å². The third-order valence-corrected chi connectivity index (χ3v) is 2.80. The lowest BCUT2D eigenvalue weighted by molar-refractivity contribution is 0.550. The van der Waals surface area contributed by atoms with E-state index in [-0.39, 0.29) is 0 Å². The van der Waals surface area contributed by atoms with Crippen LogP contribution in [0.3, 0.4) is 0 Å². The van der Waals surface area contributed by atoms with Crippen LogP contribution in [-0.4, -0.2) is 21.8 Å². The van der Waals surface area contributed by atoms with E-state index >= 15 is 0 Å². The van der Waals surface area contributed by atoms with E-state index in [0.717, 1.165) is 23.8 Å². The molecule has 16 heavy (non-hydrogen) atoms. The highest BCUT2D eigenvalue weighted by Gasteiger charge is 2.01. The predicted molar refractivity (Wildman–Crippen MR) is 69.6 cm³/mol. The fraction of sp³-hybridized carbons (Fsp3) is 0.667. The summed E-state index contributed by atoms with van der Waals surface area (Å²) in [6.45, 7) is 10.6. The van der Waals surface area contributed by atoms with Crippen LogP contribution in [0.25, 0.3) is 0 Å². The maximum atomic E-state index is 4.33. The summed E-state index contributed by atoms with van der Waals surface area (Å²) < 4.78 is 0. The first-order valence-electron chi connectivity index (χ1n) is 5.76. The van der Waals surface area contributed by atoms with Crippen molar-refractivity contribution < 1.29 is 0 Å². The van der Waals surface area contributed by atoms with E-state index in [0.29, 0.717) is 11.2 Å². The Kier molecular flexibility index (Phi) is 5.77. The summed E-state index contributed by atoms with van der Waals surface area (Å²) in [5.41, 5.74) is 1.15. The predicted octanol–water partition coefficient (Wildman–Crippen LogP) is 2.72. The molecule has 0 unspecified atom stereocenters. The first-order valence-corrected chi connectivity index (χ1v) is 6.64. The van der Waals surface area contributed by atoms with Gasteiger partial charge in [0.15, 0.2) is 5.16 Å². The third kappa shape index (κ3) is 5.47. The summed E-state index contributed by atoms with van der Waals surface area (Å²) in [5, 5.41) is 4.77. The molecule has 1 heterocycles. The summed E-state index contributed by atoms with van der Waals surface area (Å²) in [6, 6.07) is 0. The fourth-order valence-corrected chi connectivity index (χ4v) is 1.86. The average molecular weight is 239 g/mol. The zero-order valence-corrected chi connectivity index (χ0v) is 11.3. The van der Waals surface area contributed by atoms with Crippen molar-refractivity contribution >= 4 is 11.8 Å². The molecule has 0 spiro atoms. The molecule has 1 rings (SSSR count). The highest BCUT2D eigenvalue weighted by Crippen LogP contribution is 2.17. The van der Waals surface area contributed by atoms with Gasteiger partial charge in [-0.05, 0) is 12.5 Å². The first kappa shape index (κ1) is 13.5. The number of nitrogens with one attached hydrogen (secondary N) is 1. The van der Waals surface area contributed by atoms with Crippen LogP contribution in [0.2, 0.25) is 0 Å². The average Bonchev–Trinajstić information content (AvgIpc) is 2.19. The summed E-state index contributed by atoms with van der Waals surface area (Å²) in [7, 11) is 0. The topological polar surface area (TPSA) is 37.8 Å². The molecule has 0 aliphatic rings. The first-order chi connectivity index (χ1) is 7.58. The van der Waals surface area contributed by atoms with Gasteiger partial charge in [0.05, 0.1) is 0 Å². The van der Waals surface area contributed by atoms with Gasteiger partial charge in [0.1, 0.15) is 0 Å². The van der Waals surface area contributed by atoms with Gasteiger partial charge in [-0.3, -0.25) is 0 Å². The molecular weight excluding hydrogens is 218 g/mol. The Bertz CT molecular complexity index is 296. The summed E-state index contributed by atoms with van der Waals surface area (Å²) >= 11 is 1.69. The number of thioether (sulfide) groups is 1. The fourth-order valence-electron chi connectivity index (χ4n) is 1.21. The Labute approximate surface area is 102 Å². The highest BCUT2D eigenvalue weighted by atomic mass is 32.2. The lowest BCUT2D eigenvalue weighted by Gasteiger charge is -2.07. The number of hydrogen-bond donors (Lipinski definition) is 1. The van der Waals surface area contributed by atoms with Crippen LogP contribution in [0.5, 0.6) is 0 Å². The second kappa shape index (κ2) is 6.86. The second-order valence-electron chi connectivity index (χ2n) is 4.57. The van der Waals surface area contributed by atoms with Gasteiger partial charge in [0.25, 0.3) is 0 Å². The Morgan fingerprint density at radius 3 is 2.31 bits per heavy atom. The Hall–Kier alpha value is -0.610. The normalized spacial score (nSPS) is 11.4. The molecule has 0 saturated carbocycles. The molecule has 0 atom stereocenters. The summed E-state index contributed by atoms with van der Waals surface area (Å²) in [6.07, 6.45) is 3.82. The Morgan fingerprint density at radius 2 is 1.81 bits per heavy atom. The molecule has 1 aromatic heterocycles. The molecule has 0 saturated heterocycles. The molecule has 0 fully saturated rings. The van der Waals surface area contributed by atoms with Gasteiger partial charge in [0.2, 0.25) is 0 Å². The van der Waals surface area contributed by atoms with Crippen LogP contribution >= 0.6 is 11.8 Å². The van der Waals surface area contributed by atoms with Gasteiger partial charge < -0.3 is 5.32 Å². The van der Waals surface area contributed by atoms with Gasteiger partial charge in [-0.1, -0.05) is 39.5 Å². The highest BCUT2D eigenvalue weighted by molar-refractivity contribution is 7.99. The molecule has 0 radical (unpaired) electrons. The maximum Gasteiger partial charge on any atom is 0.187 e. The van der Waals surface area contributed by atoms with Crippen LogP contribution in [0.15, 0.2) is 17.6 Å². The number of nitrogens with zero attached hydrogens (tertiary/aromatic N) is 2. The van der Waals surface area contributed by atoms with E-state index in [4.69, 9.17) is 0 Å². The van der Waals surface area contributed by atoms with Crippen molar-refractivity contribution in [3.8, 4) is 0 Å². The van der Waals surface area contributed by atoms with Crippen LogP contribution in [-0.2, 0) is 6.54 Å². The molecule has 4 heteroatoms. The van der Waals surface area contributed by atoms with Gasteiger partial charge in [-0.25, -0.2) is 9.97 Å². The largest absolute Gasteiger partial charge is 0.312 e.